The number of nitrogens with zero attached hydrogens (tertiary/aromatic N) is 2. The monoisotopic (exact) mass is 227 g/mol. The van der Waals surface area contributed by atoms with Crippen LogP contribution in [0, 0.1) is 5.92 Å². The summed E-state index contributed by atoms with van der Waals surface area (Å²) < 4.78 is 5.22. The Hall–Kier alpha value is -0.550. The highest BCUT2D eigenvalue weighted by atomic mass is 32.2. The number of rotatable bonds is 4. The molecule has 2 N–H and O–H groups in total. The lowest BCUT2D eigenvalue weighted by Crippen LogP contribution is -2.13. The molecule has 2 unspecified atom stereocenters. The largest absolute Gasteiger partial charge is 0.339 e. The molecule has 2 rings (SSSR count). The zero-order valence-corrected chi connectivity index (χ0v) is 9.80. The van der Waals surface area contributed by atoms with E-state index >= 15 is 0 Å². The van der Waals surface area contributed by atoms with Gasteiger partial charge in [0.25, 0.3) is 0 Å². The Morgan fingerprint density at radius 3 is 3.20 bits per heavy atom. The maximum absolute atomic E-state index is 5.55. The normalized spacial score (nSPS) is 23.2. The van der Waals surface area contributed by atoms with Crippen LogP contribution in [0.4, 0.5) is 0 Å². The van der Waals surface area contributed by atoms with Crippen molar-refractivity contribution in [3.63, 3.8) is 0 Å². The third-order valence-electron chi connectivity index (χ3n) is 2.63. The Labute approximate surface area is 94.0 Å². The Morgan fingerprint density at radius 1 is 1.67 bits per heavy atom. The standard InChI is InChI=1S/C10H17N3OS/c1-7(6-11)5-9-12-10(13-14-9)8-3-2-4-15-8/h7-8H,2-6,11H2,1H3. The molecule has 0 spiro atoms. The van der Waals surface area contributed by atoms with Crippen LogP contribution in [0.2, 0.25) is 0 Å². The molecule has 15 heavy (non-hydrogen) atoms. The van der Waals surface area contributed by atoms with Gasteiger partial charge in [-0.15, -0.1) is 0 Å². The molecule has 1 aliphatic heterocycles. The number of hydrogen-bond acceptors (Lipinski definition) is 5. The number of thioether (sulfide) groups is 1. The van der Waals surface area contributed by atoms with E-state index in [1.54, 1.807) is 0 Å². The van der Waals surface area contributed by atoms with E-state index in [4.69, 9.17) is 10.3 Å². The SMILES string of the molecule is CC(CN)Cc1nc(C2CCCS2)no1. The first kappa shape index (κ1) is 11.0. The Morgan fingerprint density at radius 2 is 2.53 bits per heavy atom. The summed E-state index contributed by atoms with van der Waals surface area (Å²) >= 11 is 1.92. The van der Waals surface area contributed by atoms with Crippen LogP contribution in [0.5, 0.6) is 0 Å². The van der Waals surface area contributed by atoms with Crippen LogP contribution in [0.3, 0.4) is 0 Å². The van der Waals surface area contributed by atoms with Crippen LogP contribution in [-0.2, 0) is 6.42 Å². The molecule has 0 aliphatic carbocycles. The molecule has 0 bridgehead atoms. The summed E-state index contributed by atoms with van der Waals surface area (Å²) in [6.45, 7) is 2.75. The third-order valence-corrected chi connectivity index (χ3v) is 4.00. The second-order valence-electron chi connectivity index (χ2n) is 4.09. The lowest BCUT2D eigenvalue weighted by Gasteiger charge is -2.02. The average Bonchev–Trinajstić information content (AvgIpc) is 2.85. The fourth-order valence-electron chi connectivity index (χ4n) is 1.64. The van der Waals surface area contributed by atoms with Gasteiger partial charge in [-0.25, -0.2) is 0 Å². The quantitative estimate of drug-likeness (QED) is 0.849. The van der Waals surface area contributed by atoms with E-state index in [1.807, 2.05) is 11.8 Å². The predicted octanol–water partition coefficient (Wildman–Crippen LogP) is 1.78. The predicted molar refractivity (Wildman–Crippen MR) is 60.7 cm³/mol. The van der Waals surface area contributed by atoms with Crippen molar-refractivity contribution in [2.24, 2.45) is 11.7 Å². The van der Waals surface area contributed by atoms with Gasteiger partial charge >= 0.3 is 0 Å². The molecule has 0 radical (unpaired) electrons. The van der Waals surface area contributed by atoms with E-state index < -0.39 is 0 Å². The molecule has 84 valence electrons. The van der Waals surface area contributed by atoms with Crippen molar-refractivity contribution in [3.05, 3.63) is 11.7 Å². The van der Waals surface area contributed by atoms with E-state index in [1.165, 1.54) is 18.6 Å². The van der Waals surface area contributed by atoms with Gasteiger partial charge in [-0.1, -0.05) is 12.1 Å². The van der Waals surface area contributed by atoms with E-state index in [9.17, 15) is 0 Å². The van der Waals surface area contributed by atoms with Gasteiger partial charge in [0.2, 0.25) is 5.89 Å². The maximum atomic E-state index is 5.55. The minimum absolute atomic E-state index is 0.412. The highest BCUT2D eigenvalue weighted by Gasteiger charge is 2.23. The lowest BCUT2D eigenvalue weighted by molar-refractivity contribution is 0.355. The van der Waals surface area contributed by atoms with E-state index in [0.29, 0.717) is 17.7 Å². The van der Waals surface area contributed by atoms with Crippen molar-refractivity contribution in [3.8, 4) is 0 Å². The van der Waals surface area contributed by atoms with Crippen LogP contribution in [0.15, 0.2) is 4.52 Å². The summed E-state index contributed by atoms with van der Waals surface area (Å²) in [5, 5.41) is 4.49. The van der Waals surface area contributed by atoms with Crippen LogP contribution < -0.4 is 5.73 Å². The van der Waals surface area contributed by atoms with Crippen LogP contribution in [0.1, 0.15) is 36.7 Å². The fraction of sp³-hybridized carbons (Fsp3) is 0.800. The highest BCUT2D eigenvalue weighted by Crippen LogP contribution is 2.38. The van der Waals surface area contributed by atoms with E-state index in [0.717, 1.165) is 18.1 Å². The van der Waals surface area contributed by atoms with Gasteiger partial charge in [-0.2, -0.15) is 16.7 Å². The zero-order chi connectivity index (χ0) is 10.7. The van der Waals surface area contributed by atoms with Crippen LogP contribution in [0.25, 0.3) is 0 Å². The molecule has 1 saturated heterocycles. The summed E-state index contributed by atoms with van der Waals surface area (Å²) in [5.41, 5.74) is 5.55. The second-order valence-corrected chi connectivity index (χ2v) is 5.40. The molecule has 1 aromatic heterocycles. The van der Waals surface area contributed by atoms with Gasteiger partial charge in [-0.05, 0) is 31.1 Å². The first-order chi connectivity index (χ1) is 7.29. The van der Waals surface area contributed by atoms with Crippen molar-refractivity contribution in [1.29, 1.82) is 0 Å². The molecular weight excluding hydrogens is 210 g/mol. The van der Waals surface area contributed by atoms with Gasteiger partial charge in [0.15, 0.2) is 5.82 Å². The zero-order valence-electron chi connectivity index (χ0n) is 8.98. The van der Waals surface area contributed by atoms with E-state index in [-0.39, 0.29) is 0 Å². The molecule has 0 aromatic carbocycles. The van der Waals surface area contributed by atoms with Crippen LogP contribution in [-0.4, -0.2) is 22.4 Å². The van der Waals surface area contributed by atoms with Crippen molar-refractivity contribution in [2.45, 2.75) is 31.4 Å². The topological polar surface area (TPSA) is 64.9 Å². The molecule has 1 aliphatic rings. The lowest BCUT2D eigenvalue weighted by atomic mass is 10.1. The molecule has 2 atom stereocenters. The maximum Gasteiger partial charge on any atom is 0.226 e. The number of nitrogens with two attached hydrogens (primary N) is 1. The molecule has 0 saturated carbocycles. The van der Waals surface area contributed by atoms with Crippen molar-refractivity contribution < 1.29 is 4.52 Å². The van der Waals surface area contributed by atoms with Crippen molar-refractivity contribution in [1.82, 2.24) is 10.1 Å². The molecule has 0 amide bonds. The van der Waals surface area contributed by atoms with Gasteiger partial charge in [0.1, 0.15) is 0 Å². The van der Waals surface area contributed by atoms with Gasteiger partial charge < -0.3 is 10.3 Å². The first-order valence-electron chi connectivity index (χ1n) is 5.43. The Kier molecular flexibility index (Phi) is 3.64. The van der Waals surface area contributed by atoms with Gasteiger partial charge in [0.05, 0.1) is 5.25 Å². The summed E-state index contributed by atoms with van der Waals surface area (Å²) in [6.07, 6.45) is 3.23. The number of hydrogen-bond donors (Lipinski definition) is 1. The van der Waals surface area contributed by atoms with Crippen LogP contribution >= 0.6 is 11.8 Å². The van der Waals surface area contributed by atoms with Gasteiger partial charge in [0, 0.05) is 6.42 Å². The summed E-state index contributed by atoms with van der Waals surface area (Å²) in [5.74, 6) is 3.23. The van der Waals surface area contributed by atoms with Crippen molar-refractivity contribution in [2.75, 3.05) is 12.3 Å². The summed E-state index contributed by atoms with van der Waals surface area (Å²) in [6, 6.07) is 0. The fourth-order valence-corrected chi connectivity index (χ4v) is 2.84. The van der Waals surface area contributed by atoms with Gasteiger partial charge in [-0.3, -0.25) is 0 Å². The van der Waals surface area contributed by atoms with Crippen molar-refractivity contribution >= 4 is 11.8 Å². The number of aromatic nitrogens is 2. The Bertz CT molecular complexity index is 309. The first-order valence-corrected chi connectivity index (χ1v) is 6.48. The minimum atomic E-state index is 0.412. The molecule has 1 fully saturated rings. The molecule has 1 aromatic rings. The Balaban J connectivity index is 1.97. The third kappa shape index (κ3) is 2.72. The average molecular weight is 227 g/mol. The second kappa shape index (κ2) is 4.99. The molecule has 5 heteroatoms. The minimum Gasteiger partial charge on any atom is -0.339 e. The summed E-state index contributed by atoms with van der Waals surface area (Å²) in [4.78, 5) is 4.43. The smallest absolute Gasteiger partial charge is 0.226 e. The molecular formula is C10H17N3OS. The molecule has 2 heterocycles. The van der Waals surface area contributed by atoms with E-state index in [2.05, 4.69) is 17.1 Å². The highest BCUT2D eigenvalue weighted by molar-refractivity contribution is 7.99. The molecule has 4 nitrogen and oxygen atoms in total. The summed E-state index contributed by atoms with van der Waals surface area (Å²) in [7, 11) is 0.